The Morgan fingerprint density at radius 3 is 2.50 bits per heavy atom. The molecule has 0 rings (SSSR count). The van der Waals surface area contributed by atoms with Crippen LogP contribution in [0.15, 0.2) is 12.2 Å². The molecule has 0 aliphatic rings. The maximum absolute atomic E-state index is 10.0. The lowest BCUT2D eigenvalue weighted by Gasteiger charge is -2.14. The number of hydrogen-bond acceptors (Lipinski definition) is 2. The largest absolute Gasteiger partial charge is 0.478 e. The van der Waals surface area contributed by atoms with Crippen LogP contribution in [0.1, 0.15) is 20.8 Å². The minimum atomic E-state index is -0.934. The van der Waals surface area contributed by atoms with Gasteiger partial charge in [-0.2, -0.15) is 0 Å². The Morgan fingerprint density at radius 2 is 2.08 bits per heavy atom. The van der Waals surface area contributed by atoms with Crippen LogP contribution in [0.4, 0.5) is 0 Å². The van der Waals surface area contributed by atoms with Gasteiger partial charge in [0.1, 0.15) is 0 Å². The molecule has 0 saturated carbocycles. The molecule has 3 nitrogen and oxygen atoms in total. The van der Waals surface area contributed by atoms with Crippen molar-refractivity contribution in [2.75, 3.05) is 6.61 Å². The molecule has 0 amide bonds. The molecule has 0 aliphatic heterocycles. The Balaban J connectivity index is 3.49. The summed E-state index contributed by atoms with van der Waals surface area (Å²) in [7, 11) is 0. The smallest absolute Gasteiger partial charge is 0.328 e. The molecule has 1 N–H and O–H groups in total. The topological polar surface area (TPSA) is 46.5 Å². The molecule has 0 aromatic rings. The van der Waals surface area contributed by atoms with Gasteiger partial charge in [-0.05, 0) is 12.8 Å². The van der Waals surface area contributed by atoms with E-state index in [9.17, 15) is 4.79 Å². The highest BCUT2D eigenvalue weighted by Gasteiger charge is 2.04. The number of carboxylic acids is 1. The third-order valence-corrected chi connectivity index (χ3v) is 1.65. The highest BCUT2D eigenvalue weighted by Crippen LogP contribution is 2.04. The summed E-state index contributed by atoms with van der Waals surface area (Å²) in [5.41, 5.74) is 0. The fraction of sp³-hybridized carbons (Fsp3) is 0.667. The van der Waals surface area contributed by atoms with E-state index in [0.29, 0.717) is 12.5 Å². The molecule has 0 spiro atoms. The first-order valence-electron chi connectivity index (χ1n) is 4.05. The molecule has 3 heteroatoms. The lowest BCUT2D eigenvalue weighted by Crippen LogP contribution is -2.15. The van der Waals surface area contributed by atoms with Crippen molar-refractivity contribution >= 4 is 5.97 Å². The van der Waals surface area contributed by atoms with Gasteiger partial charge < -0.3 is 9.84 Å². The molecule has 0 fully saturated rings. The van der Waals surface area contributed by atoms with E-state index in [1.54, 1.807) is 0 Å². The maximum atomic E-state index is 10.0. The number of ether oxygens (including phenoxy) is 1. The Kier molecular flexibility index (Phi) is 5.37. The number of hydrogen-bond donors (Lipinski definition) is 1. The van der Waals surface area contributed by atoms with Crippen LogP contribution in [0, 0.1) is 5.92 Å². The lowest BCUT2D eigenvalue weighted by atomic mass is 10.1. The highest BCUT2D eigenvalue weighted by molar-refractivity contribution is 5.79. The van der Waals surface area contributed by atoms with Gasteiger partial charge >= 0.3 is 5.97 Å². The fourth-order valence-corrected chi connectivity index (χ4v) is 0.549. The van der Waals surface area contributed by atoms with Crippen LogP contribution in [0.5, 0.6) is 0 Å². The van der Waals surface area contributed by atoms with Crippen molar-refractivity contribution in [2.45, 2.75) is 26.9 Å². The van der Waals surface area contributed by atoms with E-state index in [4.69, 9.17) is 9.84 Å². The second-order valence-corrected chi connectivity index (χ2v) is 3.02. The highest BCUT2D eigenvalue weighted by atomic mass is 16.5. The second kappa shape index (κ2) is 5.77. The summed E-state index contributed by atoms with van der Waals surface area (Å²) in [6, 6.07) is 0. The third kappa shape index (κ3) is 5.92. The zero-order valence-electron chi connectivity index (χ0n) is 7.78. The van der Waals surface area contributed by atoms with Crippen molar-refractivity contribution in [3.63, 3.8) is 0 Å². The molecule has 0 aromatic carbocycles. The molecule has 70 valence electrons. The molecule has 1 unspecified atom stereocenters. The van der Waals surface area contributed by atoms with Crippen LogP contribution in [0.25, 0.3) is 0 Å². The van der Waals surface area contributed by atoms with Gasteiger partial charge in [0.2, 0.25) is 0 Å². The molecule has 0 aromatic heterocycles. The number of carboxylic acid groups (broad SMARTS) is 1. The summed E-state index contributed by atoms with van der Waals surface area (Å²) >= 11 is 0. The van der Waals surface area contributed by atoms with Crippen molar-refractivity contribution in [1.29, 1.82) is 0 Å². The number of rotatable bonds is 5. The van der Waals surface area contributed by atoms with E-state index in [0.717, 1.165) is 6.08 Å². The summed E-state index contributed by atoms with van der Waals surface area (Å²) in [5, 5.41) is 8.25. The van der Waals surface area contributed by atoms with Gasteiger partial charge in [-0.1, -0.05) is 19.9 Å². The van der Waals surface area contributed by atoms with Gasteiger partial charge in [0.25, 0.3) is 0 Å². The minimum Gasteiger partial charge on any atom is -0.478 e. The van der Waals surface area contributed by atoms with E-state index >= 15 is 0 Å². The molecule has 0 bridgehead atoms. The summed E-state index contributed by atoms with van der Waals surface area (Å²) in [4.78, 5) is 10.0. The van der Waals surface area contributed by atoms with Crippen LogP contribution < -0.4 is 0 Å². The first kappa shape index (κ1) is 11.2. The fourth-order valence-electron chi connectivity index (χ4n) is 0.549. The van der Waals surface area contributed by atoms with Crippen LogP contribution in [0.3, 0.4) is 0 Å². The number of carbonyl (C=O) groups is 1. The SMILES string of the molecule is CC(C)C(C)OC/C=C/C(=O)O. The van der Waals surface area contributed by atoms with E-state index < -0.39 is 5.97 Å². The lowest BCUT2D eigenvalue weighted by molar-refractivity contribution is -0.131. The molecular formula is C9H16O3. The Hall–Kier alpha value is -0.830. The molecule has 0 heterocycles. The monoisotopic (exact) mass is 172 g/mol. The van der Waals surface area contributed by atoms with Gasteiger partial charge in [0.05, 0.1) is 12.7 Å². The second-order valence-electron chi connectivity index (χ2n) is 3.02. The van der Waals surface area contributed by atoms with E-state index in [1.165, 1.54) is 6.08 Å². The van der Waals surface area contributed by atoms with Crippen LogP contribution >= 0.6 is 0 Å². The Morgan fingerprint density at radius 1 is 1.50 bits per heavy atom. The molecule has 0 aliphatic carbocycles. The average molecular weight is 172 g/mol. The Bertz CT molecular complexity index is 161. The van der Waals surface area contributed by atoms with E-state index in [-0.39, 0.29) is 6.10 Å². The van der Waals surface area contributed by atoms with Crippen molar-refractivity contribution in [3.05, 3.63) is 12.2 Å². The Labute approximate surface area is 73.0 Å². The molecule has 0 saturated heterocycles. The first-order chi connectivity index (χ1) is 5.54. The third-order valence-electron chi connectivity index (χ3n) is 1.65. The van der Waals surface area contributed by atoms with E-state index in [1.807, 2.05) is 6.92 Å². The summed E-state index contributed by atoms with van der Waals surface area (Å²) in [6.07, 6.45) is 2.76. The van der Waals surface area contributed by atoms with Crippen molar-refractivity contribution in [2.24, 2.45) is 5.92 Å². The molecular weight excluding hydrogens is 156 g/mol. The summed E-state index contributed by atoms with van der Waals surface area (Å²) in [6.45, 7) is 6.46. The van der Waals surface area contributed by atoms with Gasteiger partial charge in [-0.3, -0.25) is 0 Å². The molecule has 1 atom stereocenters. The van der Waals surface area contributed by atoms with Crippen LogP contribution in [-0.4, -0.2) is 23.8 Å². The summed E-state index contributed by atoms with van der Waals surface area (Å²) < 4.78 is 5.30. The first-order valence-corrected chi connectivity index (χ1v) is 4.05. The van der Waals surface area contributed by atoms with Crippen molar-refractivity contribution < 1.29 is 14.6 Å². The molecule has 0 radical (unpaired) electrons. The minimum absolute atomic E-state index is 0.170. The standard InChI is InChI=1S/C9H16O3/c1-7(2)8(3)12-6-4-5-9(10)11/h4-5,7-8H,6H2,1-3H3,(H,10,11)/b5-4+. The van der Waals surface area contributed by atoms with Gasteiger partial charge in [-0.15, -0.1) is 0 Å². The van der Waals surface area contributed by atoms with Gasteiger partial charge in [0.15, 0.2) is 0 Å². The predicted molar refractivity (Wildman–Crippen MR) is 47.0 cm³/mol. The zero-order valence-corrected chi connectivity index (χ0v) is 7.78. The van der Waals surface area contributed by atoms with Crippen LogP contribution in [-0.2, 0) is 9.53 Å². The molecule has 12 heavy (non-hydrogen) atoms. The van der Waals surface area contributed by atoms with Crippen LogP contribution in [0.2, 0.25) is 0 Å². The van der Waals surface area contributed by atoms with Crippen molar-refractivity contribution in [1.82, 2.24) is 0 Å². The van der Waals surface area contributed by atoms with E-state index in [2.05, 4.69) is 13.8 Å². The average Bonchev–Trinajstić information content (AvgIpc) is 1.97. The zero-order chi connectivity index (χ0) is 9.56. The number of aliphatic carboxylic acids is 1. The van der Waals surface area contributed by atoms with Gasteiger partial charge in [-0.25, -0.2) is 4.79 Å². The normalized spacial score (nSPS) is 14.0. The maximum Gasteiger partial charge on any atom is 0.328 e. The van der Waals surface area contributed by atoms with Crippen molar-refractivity contribution in [3.8, 4) is 0 Å². The quantitative estimate of drug-likeness (QED) is 0.642. The predicted octanol–water partition coefficient (Wildman–Crippen LogP) is 1.69. The van der Waals surface area contributed by atoms with Gasteiger partial charge in [0, 0.05) is 6.08 Å². The summed E-state index contributed by atoms with van der Waals surface area (Å²) in [5.74, 6) is -0.473.